The molecular formula is C13H23N3O. The SMILES string of the molecule is C=CCC(NCC)c1c(OC)cnn1C(C)C. The highest BCUT2D eigenvalue weighted by molar-refractivity contribution is 5.29. The van der Waals surface area contributed by atoms with Crippen LogP contribution in [-0.4, -0.2) is 23.4 Å². The van der Waals surface area contributed by atoms with Crippen molar-refractivity contribution in [3.05, 3.63) is 24.5 Å². The van der Waals surface area contributed by atoms with Crippen LogP contribution in [0.2, 0.25) is 0 Å². The zero-order valence-electron chi connectivity index (χ0n) is 11.2. The summed E-state index contributed by atoms with van der Waals surface area (Å²) in [5.41, 5.74) is 1.10. The fraction of sp³-hybridized carbons (Fsp3) is 0.615. The van der Waals surface area contributed by atoms with Crippen molar-refractivity contribution in [1.82, 2.24) is 15.1 Å². The van der Waals surface area contributed by atoms with Crippen molar-refractivity contribution >= 4 is 0 Å². The third kappa shape index (κ3) is 3.09. The van der Waals surface area contributed by atoms with Crippen LogP contribution in [0.25, 0.3) is 0 Å². The quantitative estimate of drug-likeness (QED) is 0.741. The third-order valence-corrected chi connectivity index (χ3v) is 2.69. The molecule has 1 atom stereocenters. The predicted molar refractivity (Wildman–Crippen MR) is 70.4 cm³/mol. The van der Waals surface area contributed by atoms with Gasteiger partial charge in [0.25, 0.3) is 0 Å². The van der Waals surface area contributed by atoms with E-state index in [9.17, 15) is 0 Å². The van der Waals surface area contributed by atoms with Gasteiger partial charge in [0.15, 0.2) is 5.75 Å². The number of hydrogen-bond acceptors (Lipinski definition) is 3. The van der Waals surface area contributed by atoms with Crippen LogP contribution in [0.5, 0.6) is 5.75 Å². The van der Waals surface area contributed by atoms with Crippen LogP contribution in [0.4, 0.5) is 0 Å². The van der Waals surface area contributed by atoms with Gasteiger partial charge in [0.1, 0.15) is 0 Å². The summed E-state index contributed by atoms with van der Waals surface area (Å²) in [5.74, 6) is 0.839. The van der Waals surface area contributed by atoms with E-state index in [2.05, 4.69) is 37.8 Å². The monoisotopic (exact) mass is 237 g/mol. The summed E-state index contributed by atoms with van der Waals surface area (Å²) >= 11 is 0. The van der Waals surface area contributed by atoms with E-state index in [4.69, 9.17) is 4.74 Å². The number of methoxy groups -OCH3 is 1. The van der Waals surface area contributed by atoms with Crippen LogP contribution in [0.3, 0.4) is 0 Å². The molecule has 0 aliphatic carbocycles. The maximum absolute atomic E-state index is 5.39. The Labute approximate surface area is 104 Å². The zero-order valence-corrected chi connectivity index (χ0v) is 11.2. The highest BCUT2D eigenvalue weighted by atomic mass is 16.5. The third-order valence-electron chi connectivity index (χ3n) is 2.69. The van der Waals surface area contributed by atoms with Gasteiger partial charge >= 0.3 is 0 Å². The minimum absolute atomic E-state index is 0.206. The molecule has 1 heterocycles. The first-order valence-corrected chi connectivity index (χ1v) is 6.11. The summed E-state index contributed by atoms with van der Waals surface area (Å²) in [6.45, 7) is 11.1. The number of rotatable bonds is 7. The normalized spacial score (nSPS) is 12.8. The van der Waals surface area contributed by atoms with Gasteiger partial charge in [-0.25, -0.2) is 0 Å². The van der Waals surface area contributed by atoms with E-state index in [1.54, 1.807) is 13.3 Å². The predicted octanol–water partition coefficient (Wildman–Crippen LogP) is 2.70. The van der Waals surface area contributed by atoms with E-state index in [1.165, 1.54) is 0 Å². The zero-order chi connectivity index (χ0) is 12.8. The van der Waals surface area contributed by atoms with E-state index in [1.807, 2.05) is 10.8 Å². The van der Waals surface area contributed by atoms with Gasteiger partial charge < -0.3 is 10.1 Å². The summed E-state index contributed by atoms with van der Waals surface area (Å²) in [4.78, 5) is 0. The average Bonchev–Trinajstić information content (AvgIpc) is 2.72. The molecule has 0 radical (unpaired) electrons. The van der Waals surface area contributed by atoms with Crippen molar-refractivity contribution in [3.8, 4) is 5.75 Å². The minimum Gasteiger partial charge on any atom is -0.493 e. The molecule has 0 aliphatic heterocycles. The van der Waals surface area contributed by atoms with Crippen LogP contribution >= 0.6 is 0 Å². The van der Waals surface area contributed by atoms with Crippen molar-refractivity contribution < 1.29 is 4.74 Å². The summed E-state index contributed by atoms with van der Waals surface area (Å²) < 4.78 is 7.40. The molecule has 0 spiro atoms. The van der Waals surface area contributed by atoms with Gasteiger partial charge in [-0.3, -0.25) is 4.68 Å². The topological polar surface area (TPSA) is 39.1 Å². The molecule has 0 fully saturated rings. The summed E-state index contributed by atoms with van der Waals surface area (Å²) in [5, 5.41) is 7.83. The largest absolute Gasteiger partial charge is 0.493 e. The van der Waals surface area contributed by atoms with E-state index >= 15 is 0 Å². The first kappa shape index (κ1) is 13.8. The molecule has 1 unspecified atom stereocenters. The van der Waals surface area contributed by atoms with Crippen LogP contribution in [0, 0.1) is 0 Å². The molecule has 0 saturated heterocycles. The molecule has 17 heavy (non-hydrogen) atoms. The van der Waals surface area contributed by atoms with E-state index in [0.29, 0.717) is 6.04 Å². The Morgan fingerprint density at radius 2 is 2.29 bits per heavy atom. The standard InChI is InChI=1S/C13H23N3O/c1-6-8-11(14-7-2)13-12(17-5)9-15-16(13)10(3)4/h6,9-11,14H,1,7-8H2,2-5H3. The van der Waals surface area contributed by atoms with Crippen molar-refractivity contribution in [1.29, 1.82) is 0 Å². The fourth-order valence-corrected chi connectivity index (χ4v) is 1.96. The lowest BCUT2D eigenvalue weighted by atomic mass is 10.1. The first-order chi connectivity index (χ1) is 8.15. The van der Waals surface area contributed by atoms with E-state index < -0.39 is 0 Å². The number of ether oxygens (including phenoxy) is 1. The lowest BCUT2D eigenvalue weighted by Crippen LogP contribution is -2.24. The second-order valence-corrected chi connectivity index (χ2v) is 4.27. The molecule has 1 aromatic heterocycles. The van der Waals surface area contributed by atoms with E-state index in [-0.39, 0.29) is 6.04 Å². The lowest BCUT2D eigenvalue weighted by Gasteiger charge is -2.21. The molecule has 0 saturated carbocycles. The molecule has 1 N–H and O–H groups in total. The van der Waals surface area contributed by atoms with Gasteiger partial charge in [0.05, 0.1) is 25.0 Å². The van der Waals surface area contributed by atoms with Gasteiger partial charge in [0, 0.05) is 6.04 Å². The second kappa shape index (κ2) is 6.45. The number of aromatic nitrogens is 2. The van der Waals surface area contributed by atoms with Gasteiger partial charge in [0.2, 0.25) is 0 Å². The van der Waals surface area contributed by atoms with Crippen molar-refractivity contribution in [2.45, 2.75) is 39.3 Å². The number of nitrogens with zero attached hydrogens (tertiary/aromatic N) is 2. The smallest absolute Gasteiger partial charge is 0.161 e. The Kier molecular flexibility index (Phi) is 5.22. The Hall–Kier alpha value is -1.29. The molecule has 4 nitrogen and oxygen atoms in total. The van der Waals surface area contributed by atoms with E-state index in [0.717, 1.165) is 24.4 Å². The van der Waals surface area contributed by atoms with Crippen LogP contribution in [0.15, 0.2) is 18.9 Å². The lowest BCUT2D eigenvalue weighted by molar-refractivity contribution is 0.385. The maximum atomic E-state index is 5.39. The number of nitrogens with one attached hydrogen (secondary N) is 1. The van der Waals surface area contributed by atoms with Crippen LogP contribution in [-0.2, 0) is 0 Å². The number of hydrogen-bond donors (Lipinski definition) is 1. The average molecular weight is 237 g/mol. The first-order valence-electron chi connectivity index (χ1n) is 6.11. The Morgan fingerprint density at radius 3 is 2.76 bits per heavy atom. The summed E-state index contributed by atoms with van der Waals surface area (Å²) in [6, 6.07) is 0.525. The van der Waals surface area contributed by atoms with Crippen LogP contribution < -0.4 is 10.1 Å². The van der Waals surface area contributed by atoms with Crippen LogP contribution in [0.1, 0.15) is 45.0 Å². The summed E-state index contributed by atoms with van der Waals surface area (Å²) in [7, 11) is 1.68. The van der Waals surface area contributed by atoms with Crippen molar-refractivity contribution in [2.24, 2.45) is 0 Å². The molecule has 1 aromatic rings. The molecule has 0 aliphatic rings. The molecule has 0 amide bonds. The van der Waals surface area contributed by atoms with Crippen molar-refractivity contribution in [3.63, 3.8) is 0 Å². The Morgan fingerprint density at radius 1 is 1.59 bits per heavy atom. The molecule has 4 heteroatoms. The highest BCUT2D eigenvalue weighted by Gasteiger charge is 2.21. The van der Waals surface area contributed by atoms with Crippen molar-refractivity contribution in [2.75, 3.05) is 13.7 Å². The minimum atomic E-state index is 0.206. The van der Waals surface area contributed by atoms with Gasteiger partial charge in [-0.1, -0.05) is 13.0 Å². The highest BCUT2D eigenvalue weighted by Crippen LogP contribution is 2.29. The van der Waals surface area contributed by atoms with Gasteiger partial charge in [-0.05, 0) is 26.8 Å². The summed E-state index contributed by atoms with van der Waals surface area (Å²) in [6.07, 6.45) is 4.57. The Bertz CT molecular complexity index is 358. The Balaban J connectivity index is 3.12. The molecular weight excluding hydrogens is 214 g/mol. The second-order valence-electron chi connectivity index (χ2n) is 4.27. The molecule has 96 valence electrons. The molecule has 0 aromatic carbocycles. The fourth-order valence-electron chi connectivity index (χ4n) is 1.96. The molecule has 0 bridgehead atoms. The van der Waals surface area contributed by atoms with Gasteiger partial charge in [-0.2, -0.15) is 5.10 Å². The maximum Gasteiger partial charge on any atom is 0.161 e. The van der Waals surface area contributed by atoms with Gasteiger partial charge in [-0.15, -0.1) is 6.58 Å². The molecule has 1 rings (SSSR count).